The third-order valence-electron chi connectivity index (χ3n) is 3.79. The Labute approximate surface area is 114 Å². The first-order valence-electron chi connectivity index (χ1n) is 6.55. The van der Waals surface area contributed by atoms with Crippen molar-refractivity contribution in [3.05, 3.63) is 71.5 Å². The van der Waals surface area contributed by atoms with Gasteiger partial charge in [0.25, 0.3) is 0 Å². The number of benzene rings is 2. The van der Waals surface area contributed by atoms with Crippen LogP contribution in [0.1, 0.15) is 25.0 Å². The lowest BCUT2D eigenvalue weighted by molar-refractivity contribution is 0.406. The number of rotatable bonds is 4. The Morgan fingerprint density at radius 1 is 1.05 bits per heavy atom. The van der Waals surface area contributed by atoms with Gasteiger partial charge < -0.3 is 5.73 Å². The van der Waals surface area contributed by atoms with E-state index in [0.29, 0.717) is 6.42 Å². The Hall–Kier alpha value is -1.67. The molecule has 0 radical (unpaired) electrons. The maximum absolute atomic E-state index is 13.2. The predicted molar refractivity (Wildman–Crippen MR) is 77.5 cm³/mol. The van der Waals surface area contributed by atoms with Crippen LogP contribution in [0.4, 0.5) is 4.39 Å². The molecule has 1 atom stereocenters. The zero-order valence-electron chi connectivity index (χ0n) is 11.4. The molecule has 0 amide bonds. The van der Waals surface area contributed by atoms with Crippen LogP contribution in [0.3, 0.4) is 0 Å². The summed E-state index contributed by atoms with van der Waals surface area (Å²) in [6.45, 7) is 4.26. The first kappa shape index (κ1) is 13.8. The largest absolute Gasteiger partial charge is 0.327 e. The van der Waals surface area contributed by atoms with Crippen molar-refractivity contribution in [3.8, 4) is 0 Å². The maximum atomic E-state index is 13.2. The maximum Gasteiger partial charge on any atom is 0.123 e. The number of nitrogens with two attached hydrogens (primary N) is 1. The fraction of sp³-hybridized carbons (Fsp3) is 0.294. The summed E-state index contributed by atoms with van der Waals surface area (Å²) in [6, 6.07) is 16.8. The summed E-state index contributed by atoms with van der Waals surface area (Å²) in [5.74, 6) is -0.206. The highest BCUT2D eigenvalue weighted by molar-refractivity contribution is 5.27. The molecule has 1 unspecified atom stereocenters. The van der Waals surface area contributed by atoms with Gasteiger partial charge in [-0.15, -0.1) is 0 Å². The minimum Gasteiger partial charge on any atom is -0.327 e. The van der Waals surface area contributed by atoms with E-state index in [1.165, 1.54) is 11.6 Å². The fourth-order valence-electron chi connectivity index (χ4n) is 2.25. The van der Waals surface area contributed by atoms with E-state index < -0.39 is 0 Å². The molecule has 0 spiro atoms. The third-order valence-corrected chi connectivity index (χ3v) is 3.79. The van der Waals surface area contributed by atoms with E-state index in [-0.39, 0.29) is 17.3 Å². The lowest BCUT2D eigenvalue weighted by Crippen LogP contribution is -2.42. The van der Waals surface area contributed by atoms with Crippen LogP contribution in [-0.2, 0) is 11.8 Å². The molecule has 0 aliphatic carbocycles. The predicted octanol–water partition coefficient (Wildman–Crippen LogP) is 3.67. The first-order valence-corrected chi connectivity index (χ1v) is 6.55. The molecule has 0 aliphatic heterocycles. The highest BCUT2D eigenvalue weighted by Gasteiger charge is 2.28. The Morgan fingerprint density at radius 3 is 2.37 bits per heavy atom. The van der Waals surface area contributed by atoms with Crippen molar-refractivity contribution in [2.45, 2.75) is 31.7 Å². The van der Waals surface area contributed by atoms with Gasteiger partial charge in [0.2, 0.25) is 0 Å². The molecule has 2 aromatic rings. The molecule has 0 heterocycles. The third kappa shape index (κ3) is 3.21. The van der Waals surface area contributed by atoms with Crippen LogP contribution in [0.15, 0.2) is 54.6 Å². The van der Waals surface area contributed by atoms with Gasteiger partial charge >= 0.3 is 0 Å². The lowest BCUT2D eigenvalue weighted by atomic mass is 9.76. The minimum atomic E-state index is -0.206. The molecule has 2 N–H and O–H groups in total. The fourth-order valence-corrected chi connectivity index (χ4v) is 2.25. The Balaban J connectivity index is 2.17. The Bertz CT molecular complexity index is 534. The van der Waals surface area contributed by atoms with Gasteiger partial charge in [-0.2, -0.15) is 0 Å². The molecular formula is C17H20FN. The smallest absolute Gasteiger partial charge is 0.123 e. The van der Waals surface area contributed by atoms with Gasteiger partial charge in [-0.1, -0.05) is 56.3 Å². The van der Waals surface area contributed by atoms with Gasteiger partial charge in [0, 0.05) is 11.5 Å². The van der Waals surface area contributed by atoms with Crippen molar-refractivity contribution < 1.29 is 4.39 Å². The monoisotopic (exact) mass is 257 g/mol. The van der Waals surface area contributed by atoms with Crippen molar-refractivity contribution in [2.75, 3.05) is 0 Å². The molecule has 2 aromatic carbocycles. The van der Waals surface area contributed by atoms with Crippen LogP contribution in [0, 0.1) is 5.82 Å². The first-order chi connectivity index (χ1) is 9.00. The Morgan fingerprint density at radius 2 is 1.74 bits per heavy atom. The van der Waals surface area contributed by atoms with E-state index >= 15 is 0 Å². The summed E-state index contributed by atoms with van der Waals surface area (Å²) in [6.07, 6.45) is 0.666. The van der Waals surface area contributed by atoms with Gasteiger partial charge in [0.05, 0.1) is 0 Å². The van der Waals surface area contributed by atoms with Crippen molar-refractivity contribution >= 4 is 0 Å². The van der Waals surface area contributed by atoms with Crippen LogP contribution in [-0.4, -0.2) is 6.04 Å². The summed E-state index contributed by atoms with van der Waals surface area (Å²) in [5.41, 5.74) is 8.35. The topological polar surface area (TPSA) is 26.0 Å². The number of hydrogen-bond donors (Lipinski definition) is 1. The molecule has 0 saturated carbocycles. The van der Waals surface area contributed by atoms with Crippen LogP contribution >= 0.6 is 0 Å². The van der Waals surface area contributed by atoms with E-state index in [1.54, 1.807) is 12.1 Å². The molecule has 0 aliphatic rings. The molecule has 0 fully saturated rings. The van der Waals surface area contributed by atoms with Crippen LogP contribution in [0.25, 0.3) is 0 Å². The van der Waals surface area contributed by atoms with Crippen molar-refractivity contribution in [2.24, 2.45) is 5.73 Å². The zero-order valence-corrected chi connectivity index (χ0v) is 11.4. The lowest BCUT2D eigenvalue weighted by Gasteiger charge is -2.32. The number of halogens is 1. The molecule has 19 heavy (non-hydrogen) atoms. The number of hydrogen-bond acceptors (Lipinski definition) is 1. The second-order valence-electron chi connectivity index (χ2n) is 5.53. The van der Waals surface area contributed by atoms with Gasteiger partial charge in [-0.25, -0.2) is 4.39 Å². The van der Waals surface area contributed by atoms with Gasteiger partial charge in [-0.3, -0.25) is 0 Å². The summed E-state index contributed by atoms with van der Waals surface area (Å²) < 4.78 is 13.2. The van der Waals surface area contributed by atoms with E-state index in [0.717, 1.165) is 5.56 Å². The highest BCUT2D eigenvalue weighted by Crippen LogP contribution is 2.27. The molecule has 2 heteroatoms. The molecule has 0 aromatic heterocycles. The van der Waals surface area contributed by atoms with Crippen molar-refractivity contribution in [1.82, 2.24) is 0 Å². The van der Waals surface area contributed by atoms with Crippen molar-refractivity contribution in [3.63, 3.8) is 0 Å². The minimum absolute atomic E-state index is 0.0586. The quantitative estimate of drug-likeness (QED) is 0.888. The van der Waals surface area contributed by atoms with E-state index in [9.17, 15) is 4.39 Å². The summed E-state index contributed by atoms with van der Waals surface area (Å²) in [7, 11) is 0. The molecule has 0 bridgehead atoms. The van der Waals surface area contributed by atoms with Gasteiger partial charge in [-0.05, 0) is 29.7 Å². The van der Waals surface area contributed by atoms with E-state index in [2.05, 4.69) is 26.0 Å². The van der Waals surface area contributed by atoms with Gasteiger partial charge in [0.1, 0.15) is 5.82 Å². The second kappa shape index (κ2) is 5.54. The van der Waals surface area contributed by atoms with Crippen molar-refractivity contribution in [1.29, 1.82) is 0 Å². The molecule has 0 saturated heterocycles. The van der Waals surface area contributed by atoms with Crippen LogP contribution in [0.5, 0.6) is 0 Å². The Kier molecular flexibility index (Phi) is 4.01. The second-order valence-corrected chi connectivity index (χ2v) is 5.53. The van der Waals surface area contributed by atoms with Crippen LogP contribution < -0.4 is 5.73 Å². The molecular weight excluding hydrogens is 237 g/mol. The highest BCUT2D eigenvalue weighted by atomic mass is 19.1. The average molecular weight is 257 g/mol. The van der Waals surface area contributed by atoms with Crippen LogP contribution in [0.2, 0.25) is 0 Å². The zero-order chi connectivity index (χ0) is 13.9. The standard InChI is InChI=1S/C17H20FN/c1-17(2,14-8-4-3-5-9-14)16(19)12-13-7-6-10-15(18)11-13/h3-11,16H,12,19H2,1-2H3. The molecule has 1 nitrogen and oxygen atoms in total. The van der Waals surface area contributed by atoms with E-state index in [4.69, 9.17) is 5.73 Å². The SMILES string of the molecule is CC(C)(c1ccccc1)C(N)Cc1cccc(F)c1. The molecule has 100 valence electrons. The summed E-state index contributed by atoms with van der Waals surface area (Å²) >= 11 is 0. The molecule has 2 rings (SSSR count). The van der Waals surface area contributed by atoms with E-state index in [1.807, 2.05) is 24.3 Å². The van der Waals surface area contributed by atoms with Gasteiger partial charge in [0.15, 0.2) is 0 Å². The normalized spacial score (nSPS) is 13.3. The average Bonchev–Trinajstić information content (AvgIpc) is 2.39. The summed E-state index contributed by atoms with van der Waals surface area (Å²) in [5, 5.41) is 0. The summed E-state index contributed by atoms with van der Waals surface area (Å²) in [4.78, 5) is 0.